The predicted octanol–water partition coefficient (Wildman–Crippen LogP) is 2.68. The van der Waals surface area contributed by atoms with Crippen molar-refractivity contribution in [3.05, 3.63) is 48.0 Å². The molecule has 0 aromatic carbocycles. The number of nitrogens with zero attached hydrogens (tertiary/aromatic N) is 5. The molecule has 3 rings (SSSR count). The fraction of sp³-hybridized carbons (Fsp3) is 0.286. The molecule has 3 aromatic rings. The zero-order valence-corrected chi connectivity index (χ0v) is 12.3. The maximum absolute atomic E-state index is 5.32. The molecule has 108 valence electrons. The Morgan fingerprint density at radius 1 is 1.05 bits per heavy atom. The van der Waals surface area contributed by atoms with Gasteiger partial charge in [-0.2, -0.15) is 5.10 Å². The van der Waals surface area contributed by atoms with Crippen LogP contribution >= 0.6 is 12.2 Å². The summed E-state index contributed by atoms with van der Waals surface area (Å²) in [5.41, 5.74) is 1.02. The van der Waals surface area contributed by atoms with Gasteiger partial charge in [-0.1, -0.05) is 0 Å². The summed E-state index contributed by atoms with van der Waals surface area (Å²) in [5, 5.41) is 7.19. The average molecular weight is 300 g/mol. The third-order valence-electron chi connectivity index (χ3n) is 3.30. The molecule has 3 aromatic heterocycles. The van der Waals surface area contributed by atoms with E-state index in [-0.39, 0.29) is 0 Å². The van der Waals surface area contributed by atoms with Crippen LogP contribution in [0.25, 0.3) is 11.4 Å². The van der Waals surface area contributed by atoms with E-state index in [1.807, 2.05) is 29.2 Å². The molecule has 0 radical (unpaired) electrons. The average Bonchev–Trinajstić information content (AvgIpc) is 3.15. The van der Waals surface area contributed by atoms with Gasteiger partial charge in [0.1, 0.15) is 0 Å². The Bertz CT molecular complexity index is 728. The van der Waals surface area contributed by atoms with E-state index in [4.69, 9.17) is 12.2 Å². The van der Waals surface area contributed by atoms with Crippen LogP contribution in [0.1, 0.15) is 12.8 Å². The zero-order valence-electron chi connectivity index (χ0n) is 11.5. The number of H-pyrrole nitrogens is 1. The van der Waals surface area contributed by atoms with E-state index in [1.54, 1.807) is 18.6 Å². The second-order valence-corrected chi connectivity index (χ2v) is 5.13. The van der Waals surface area contributed by atoms with Gasteiger partial charge in [-0.3, -0.25) is 10.1 Å². The van der Waals surface area contributed by atoms with Crippen LogP contribution in [-0.2, 0) is 13.1 Å². The van der Waals surface area contributed by atoms with Crippen molar-refractivity contribution < 1.29 is 0 Å². The van der Waals surface area contributed by atoms with Gasteiger partial charge in [-0.15, -0.1) is 0 Å². The summed E-state index contributed by atoms with van der Waals surface area (Å²) >= 11 is 5.32. The van der Waals surface area contributed by atoms with Gasteiger partial charge in [-0.25, -0.2) is 4.98 Å². The first-order valence-corrected chi connectivity index (χ1v) is 7.27. The maximum atomic E-state index is 5.32. The van der Waals surface area contributed by atoms with Gasteiger partial charge in [0, 0.05) is 43.4 Å². The highest BCUT2D eigenvalue weighted by molar-refractivity contribution is 7.71. The normalized spacial score (nSPS) is 10.9. The molecule has 0 saturated heterocycles. The highest BCUT2D eigenvalue weighted by Crippen LogP contribution is 2.16. The molecule has 3 heterocycles. The van der Waals surface area contributed by atoms with E-state index in [0.717, 1.165) is 37.3 Å². The SMILES string of the molecule is S=c1[nH]nc(-c2ccncc2)n1CCCCn1ccnc1. The molecule has 0 atom stereocenters. The number of imidazole rings is 1. The van der Waals surface area contributed by atoms with Crippen LogP contribution in [-0.4, -0.2) is 29.3 Å². The molecule has 21 heavy (non-hydrogen) atoms. The summed E-state index contributed by atoms with van der Waals surface area (Å²) < 4.78 is 4.78. The summed E-state index contributed by atoms with van der Waals surface area (Å²) in [6.07, 6.45) is 11.2. The minimum Gasteiger partial charge on any atom is -0.337 e. The van der Waals surface area contributed by atoms with Crippen LogP contribution in [0.4, 0.5) is 0 Å². The number of rotatable bonds is 6. The van der Waals surface area contributed by atoms with Crippen molar-refractivity contribution in [2.45, 2.75) is 25.9 Å². The van der Waals surface area contributed by atoms with Gasteiger partial charge < -0.3 is 9.13 Å². The van der Waals surface area contributed by atoms with Gasteiger partial charge >= 0.3 is 0 Å². The largest absolute Gasteiger partial charge is 0.337 e. The summed E-state index contributed by atoms with van der Waals surface area (Å²) in [7, 11) is 0. The number of aromatic nitrogens is 6. The van der Waals surface area contributed by atoms with E-state index in [9.17, 15) is 0 Å². The van der Waals surface area contributed by atoms with E-state index in [0.29, 0.717) is 4.77 Å². The minimum absolute atomic E-state index is 0.657. The fourth-order valence-electron chi connectivity index (χ4n) is 2.23. The molecule has 0 aliphatic heterocycles. The molecule has 0 amide bonds. The first-order valence-electron chi connectivity index (χ1n) is 6.86. The summed E-state index contributed by atoms with van der Waals surface area (Å²) in [6, 6.07) is 3.87. The van der Waals surface area contributed by atoms with Crippen molar-refractivity contribution in [1.29, 1.82) is 0 Å². The summed E-state index contributed by atoms with van der Waals surface area (Å²) in [4.78, 5) is 8.07. The Labute approximate surface area is 127 Å². The number of hydrogen-bond donors (Lipinski definition) is 1. The van der Waals surface area contributed by atoms with Crippen molar-refractivity contribution in [2.75, 3.05) is 0 Å². The topological polar surface area (TPSA) is 64.3 Å². The molecular weight excluding hydrogens is 284 g/mol. The highest BCUT2D eigenvalue weighted by atomic mass is 32.1. The summed E-state index contributed by atoms with van der Waals surface area (Å²) in [6.45, 7) is 1.82. The molecule has 0 bridgehead atoms. The van der Waals surface area contributed by atoms with Crippen LogP contribution in [0.5, 0.6) is 0 Å². The van der Waals surface area contributed by atoms with E-state index < -0.39 is 0 Å². The van der Waals surface area contributed by atoms with Crippen LogP contribution in [0, 0.1) is 4.77 Å². The molecule has 6 nitrogen and oxygen atoms in total. The smallest absolute Gasteiger partial charge is 0.195 e. The lowest BCUT2D eigenvalue weighted by Gasteiger charge is -2.07. The fourth-order valence-corrected chi connectivity index (χ4v) is 2.45. The molecule has 7 heteroatoms. The van der Waals surface area contributed by atoms with Crippen molar-refractivity contribution in [3.8, 4) is 11.4 Å². The lowest BCUT2D eigenvalue weighted by molar-refractivity contribution is 0.551. The molecule has 0 spiro atoms. The number of nitrogens with one attached hydrogen (secondary N) is 1. The predicted molar refractivity (Wildman–Crippen MR) is 82.1 cm³/mol. The first-order chi connectivity index (χ1) is 10.3. The molecule has 0 unspecified atom stereocenters. The lowest BCUT2D eigenvalue weighted by Crippen LogP contribution is -2.03. The second-order valence-electron chi connectivity index (χ2n) is 4.75. The molecule has 1 N–H and O–H groups in total. The van der Waals surface area contributed by atoms with Crippen molar-refractivity contribution in [3.63, 3.8) is 0 Å². The Hall–Kier alpha value is -2.28. The Morgan fingerprint density at radius 3 is 2.62 bits per heavy atom. The Kier molecular flexibility index (Phi) is 4.20. The quantitative estimate of drug-likeness (QED) is 0.561. The van der Waals surface area contributed by atoms with Gasteiger partial charge in [0.25, 0.3) is 0 Å². The van der Waals surface area contributed by atoms with Crippen LogP contribution in [0.3, 0.4) is 0 Å². The molecule has 0 aliphatic rings. The van der Waals surface area contributed by atoms with Crippen LogP contribution in [0.2, 0.25) is 0 Å². The van der Waals surface area contributed by atoms with Crippen molar-refractivity contribution >= 4 is 12.2 Å². The molecule has 0 fully saturated rings. The van der Waals surface area contributed by atoms with E-state index in [2.05, 4.69) is 24.7 Å². The van der Waals surface area contributed by atoms with Gasteiger partial charge in [0.05, 0.1) is 6.33 Å². The second kappa shape index (κ2) is 6.45. The van der Waals surface area contributed by atoms with Crippen molar-refractivity contribution in [1.82, 2.24) is 29.3 Å². The summed E-state index contributed by atoms with van der Waals surface area (Å²) in [5.74, 6) is 0.866. The molecular formula is C14H16N6S. The highest BCUT2D eigenvalue weighted by Gasteiger charge is 2.08. The van der Waals surface area contributed by atoms with Gasteiger partial charge in [0.15, 0.2) is 10.6 Å². The minimum atomic E-state index is 0.657. The number of pyridine rings is 1. The van der Waals surface area contributed by atoms with E-state index >= 15 is 0 Å². The van der Waals surface area contributed by atoms with Crippen molar-refractivity contribution in [2.24, 2.45) is 0 Å². The maximum Gasteiger partial charge on any atom is 0.195 e. The van der Waals surface area contributed by atoms with Gasteiger partial charge in [-0.05, 0) is 37.2 Å². The third-order valence-corrected chi connectivity index (χ3v) is 3.62. The molecule has 0 saturated carbocycles. The third kappa shape index (κ3) is 3.25. The first kappa shape index (κ1) is 13.7. The Balaban J connectivity index is 1.65. The lowest BCUT2D eigenvalue weighted by atomic mass is 10.2. The zero-order chi connectivity index (χ0) is 14.5. The number of unbranched alkanes of at least 4 members (excludes halogenated alkanes) is 1. The Morgan fingerprint density at radius 2 is 1.86 bits per heavy atom. The molecule has 0 aliphatic carbocycles. The van der Waals surface area contributed by atoms with E-state index in [1.165, 1.54) is 0 Å². The van der Waals surface area contributed by atoms with Gasteiger partial charge in [0.2, 0.25) is 0 Å². The standard InChI is InChI=1S/C14H16N6S/c21-14-18-17-13(12-3-5-15-6-4-12)20(14)9-2-1-8-19-10-7-16-11-19/h3-7,10-11H,1-2,8-9H2,(H,18,21). The van der Waals surface area contributed by atoms with Crippen LogP contribution in [0.15, 0.2) is 43.2 Å². The number of hydrogen-bond acceptors (Lipinski definition) is 4. The van der Waals surface area contributed by atoms with Crippen LogP contribution < -0.4 is 0 Å². The monoisotopic (exact) mass is 300 g/mol. The number of aromatic amines is 1. The number of aryl methyl sites for hydroxylation is 1.